The maximum Gasteiger partial charge on any atom is 0.233 e. The first-order valence-electron chi connectivity index (χ1n) is 7.22. The second kappa shape index (κ2) is 6.83. The predicted molar refractivity (Wildman–Crippen MR) is 87.8 cm³/mol. The molecule has 0 N–H and O–H groups in total. The first kappa shape index (κ1) is 14.9. The summed E-state index contributed by atoms with van der Waals surface area (Å²) in [4.78, 5) is 18.2. The molecule has 0 saturated carbocycles. The Morgan fingerprint density at radius 2 is 1.95 bits per heavy atom. The second-order valence-corrected chi connectivity index (χ2v) is 6.20. The molecule has 114 valence electrons. The molecular formula is C17H18N2O2S. The number of rotatable bonds is 5. The van der Waals surface area contributed by atoms with Crippen LogP contribution in [-0.2, 0) is 11.2 Å². The number of ether oxygens (including phenoxy) is 1. The van der Waals surface area contributed by atoms with Crippen molar-refractivity contribution in [2.75, 3.05) is 19.4 Å². The summed E-state index contributed by atoms with van der Waals surface area (Å²) < 4.78 is 5.19. The summed E-state index contributed by atoms with van der Waals surface area (Å²) >= 11 is 1.68. The molecule has 22 heavy (non-hydrogen) atoms. The van der Waals surface area contributed by atoms with Crippen molar-refractivity contribution in [2.24, 2.45) is 0 Å². The molecular weight excluding hydrogens is 296 g/mol. The van der Waals surface area contributed by atoms with Gasteiger partial charge in [-0.2, -0.15) is 0 Å². The Bertz CT molecular complexity index is 631. The van der Waals surface area contributed by atoms with Crippen molar-refractivity contribution in [3.05, 3.63) is 59.9 Å². The van der Waals surface area contributed by atoms with Gasteiger partial charge in [-0.3, -0.25) is 9.78 Å². The fourth-order valence-electron chi connectivity index (χ4n) is 2.54. The lowest BCUT2D eigenvalue weighted by Crippen LogP contribution is -2.30. The molecule has 1 atom stereocenters. The Labute approximate surface area is 134 Å². The Balaban J connectivity index is 1.71. The molecule has 5 heteroatoms. The van der Waals surface area contributed by atoms with Crippen LogP contribution in [0.5, 0.6) is 5.75 Å². The van der Waals surface area contributed by atoms with Gasteiger partial charge in [0.2, 0.25) is 5.91 Å². The second-order valence-electron chi connectivity index (χ2n) is 5.13. The zero-order valence-electron chi connectivity index (χ0n) is 12.4. The van der Waals surface area contributed by atoms with E-state index >= 15 is 0 Å². The smallest absolute Gasteiger partial charge is 0.233 e. The van der Waals surface area contributed by atoms with Gasteiger partial charge in [0.25, 0.3) is 0 Å². The van der Waals surface area contributed by atoms with Gasteiger partial charge in [-0.15, -0.1) is 11.8 Å². The van der Waals surface area contributed by atoms with E-state index in [1.165, 1.54) is 5.56 Å². The number of methoxy groups -OCH3 is 1. The Morgan fingerprint density at radius 3 is 2.64 bits per heavy atom. The normalized spacial score (nSPS) is 17.8. The minimum absolute atomic E-state index is 0.0974. The minimum atomic E-state index is 0.0974. The van der Waals surface area contributed by atoms with Crippen molar-refractivity contribution < 1.29 is 9.53 Å². The lowest BCUT2D eigenvalue weighted by Gasteiger charge is -2.24. The van der Waals surface area contributed by atoms with E-state index in [9.17, 15) is 4.79 Å². The third kappa shape index (κ3) is 3.25. The number of nitrogens with zero attached hydrogens (tertiary/aromatic N) is 2. The monoisotopic (exact) mass is 314 g/mol. The molecule has 2 heterocycles. The van der Waals surface area contributed by atoms with E-state index in [0.29, 0.717) is 5.75 Å². The van der Waals surface area contributed by atoms with Crippen LogP contribution in [-0.4, -0.2) is 35.2 Å². The van der Waals surface area contributed by atoms with Crippen LogP contribution in [0.3, 0.4) is 0 Å². The highest BCUT2D eigenvalue weighted by molar-refractivity contribution is 8.00. The number of hydrogen-bond acceptors (Lipinski definition) is 4. The molecule has 1 unspecified atom stereocenters. The average molecular weight is 314 g/mol. The van der Waals surface area contributed by atoms with Gasteiger partial charge < -0.3 is 9.64 Å². The molecule has 2 aromatic rings. The first-order chi connectivity index (χ1) is 10.8. The predicted octanol–water partition coefficient (Wildman–Crippen LogP) is 2.91. The van der Waals surface area contributed by atoms with Crippen molar-refractivity contribution in [3.63, 3.8) is 0 Å². The van der Waals surface area contributed by atoms with Crippen molar-refractivity contribution in [1.82, 2.24) is 9.88 Å². The molecule has 1 aliphatic heterocycles. The minimum Gasteiger partial charge on any atom is -0.497 e. The number of thioether (sulfide) groups is 1. The molecule has 1 saturated heterocycles. The van der Waals surface area contributed by atoms with Crippen LogP contribution in [0, 0.1) is 0 Å². The molecule has 0 radical (unpaired) electrons. The average Bonchev–Trinajstić information content (AvgIpc) is 2.95. The van der Waals surface area contributed by atoms with Crippen LogP contribution in [0.15, 0.2) is 48.8 Å². The number of pyridine rings is 1. The fourth-order valence-corrected chi connectivity index (χ4v) is 3.76. The van der Waals surface area contributed by atoms with Gasteiger partial charge in [-0.25, -0.2) is 0 Å². The first-order valence-corrected chi connectivity index (χ1v) is 8.27. The van der Waals surface area contributed by atoms with E-state index < -0.39 is 0 Å². The molecule has 0 bridgehead atoms. The van der Waals surface area contributed by atoms with Gasteiger partial charge in [0.05, 0.1) is 12.9 Å². The summed E-state index contributed by atoms with van der Waals surface area (Å²) in [5.74, 6) is 1.59. The van der Waals surface area contributed by atoms with Gasteiger partial charge in [0.1, 0.15) is 11.1 Å². The van der Waals surface area contributed by atoms with Crippen LogP contribution in [0.4, 0.5) is 0 Å². The number of carbonyl (C=O) groups is 1. The van der Waals surface area contributed by atoms with Gasteiger partial charge in [0.15, 0.2) is 0 Å². The number of aromatic nitrogens is 1. The molecule has 1 amide bonds. The summed E-state index contributed by atoms with van der Waals surface area (Å²) in [6.07, 6.45) is 4.43. The van der Waals surface area contributed by atoms with Gasteiger partial charge in [-0.1, -0.05) is 12.1 Å². The topological polar surface area (TPSA) is 42.4 Å². The Hall–Kier alpha value is -2.01. The van der Waals surface area contributed by atoms with Crippen molar-refractivity contribution in [2.45, 2.75) is 11.8 Å². The molecule has 1 aliphatic rings. The molecule has 4 nitrogen and oxygen atoms in total. The summed E-state index contributed by atoms with van der Waals surface area (Å²) in [6, 6.07) is 12.0. The lowest BCUT2D eigenvalue weighted by atomic mass is 10.1. The molecule has 1 fully saturated rings. The highest BCUT2D eigenvalue weighted by Gasteiger charge is 2.32. The molecule has 1 aromatic heterocycles. The van der Waals surface area contributed by atoms with Gasteiger partial charge >= 0.3 is 0 Å². The summed E-state index contributed by atoms with van der Waals surface area (Å²) in [5, 5.41) is 0.0974. The fraction of sp³-hybridized carbons (Fsp3) is 0.294. The zero-order chi connectivity index (χ0) is 15.4. The van der Waals surface area contributed by atoms with E-state index in [0.717, 1.165) is 24.3 Å². The van der Waals surface area contributed by atoms with Crippen molar-refractivity contribution >= 4 is 17.7 Å². The van der Waals surface area contributed by atoms with Crippen LogP contribution in [0.1, 0.15) is 16.5 Å². The van der Waals surface area contributed by atoms with Crippen LogP contribution < -0.4 is 4.74 Å². The van der Waals surface area contributed by atoms with Gasteiger partial charge in [-0.05, 0) is 41.8 Å². The Kier molecular flexibility index (Phi) is 4.63. The number of carbonyl (C=O) groups excluding carboxylic acids is 1. The number of hydrogen-bond donors (Lipinski definition) is 0. The van der Waals surface area contributed by atoms with Crippen LogP contribution in [0.25, 0.3) is 0 Å². The number of benzene rings is 1. The Morgan fingerprint density at radius 1 is 1.23 bits per heavy atom. The highest BCUT2D eigenvalue weighted by Crippen LogP contribution is 2.39. The van der Waals surface area contributed by atoms with E-state index in [2.05, 4.69) is 4.98 Å². The van der Waals surface area contributed by atoms with E-state index in [1.54, 1.807) is 31.3 Å². The van der Waals surface area contributed by atoms with E-state index in [1.807, 2.05) is 41.3 Å². The SMILES string of the molecule is COc1ccc(C2SCC(=O)N2CCc2ccncc2)cc1. The number of amides is 1. The van der Waals surface area contributed by atoms with Crippen molar-refractivity contribution in [1.29, 1.82) is 0 Å². The maximum atomic E-state index is 12.2. The van der Waals surface area contributed by atoms with Crippen LogP contribution in [0.2, 0.25) is 0 Å². The third-order valence-electron chi connectivity index (χ3n) is 3.76. The van der Waals surface area contributed by atoms with Crippen molar-refractivity contribution in [3.8, 4) is 5.75 Å². The third-order valence-corrected chi connectivity index (χ3v) is 5.02. The summed E-state index contributed by atoms with van der Waals surface area (Å²) in [5.41, 5.74) is 2.35. The largest absolute Gasteiger partial charge is 0.497 e. The van der Waals surface area contributed by atoms with Gasteiger partial charge in [0, 0.05) is 18.9 Å². The standard InChI is InChI=1S/C17H18N2O2S/c1-21-15-4-2-14(3-5-15)17-19(16(20)12-22-17)11-8-13-6-9-18-10-7-13/h2-7,9-10,17H,8,11-12H2,1H3. The van der Waals surface area contributed by atoms with Crippen LogP contribution >= 0.6 is 11.8 Å². The molecule has 0 spiro atoms. The van der Waals surface area contributed by atoms with E-state index in [4.69, 9.17) is 4.74 Å². The quantitative estimate of drug-likeness (QED) is 0.851. The lowest BCUT2D eigenvalue weighted by molar-refractivity contribution is -0.128. The summed E-state index contributed by atoms with van der Waals surface area (Å²) in [6.45, 7) is 0.729. The van der Waals surface area contributed by atoms with E-state index in [-0.39, 0.29) is 11.3 Å². The maximum absolute atomic E-state index is 12.2. The molecule has 3 rings (SSSR count). The highest BCUT2D eigenvalue weighted by atomic mass is 32.2. The molecule has 0 aliphatic carbocycles. The molecule has 1 aromatic carbocycles. The zero-order valence-corrected chi connectivity index (χ0v) is 13.3. The summed E-state index contributed by atoms with van der Waals surface area (Å²) in [7, 11) is 1.66.